The lowest BCUT2D eigenvalue weighted by molar-refractivity contribution is -0.127. The smallest absolute Gasteiger partial charge is 0.234 e. The van der Waals surface area contributed by atoms with Gasteiger partial charge in [0.25, 0.3) is 0 Å². The van der Waals surface area contributed by atoms with Crippen LogP contribution in [0.2, 0.25) is 0 Å². The molecule has 0 N–H and O–H groups in total. The van der Waals surface area contributed by atoms with E-state index in [9.17, 15) is 23.2 Å². The van der Waals surface area contributed by atoms with Crippen molar-refractivity contribution < 1.29 is 23.2 Å². The third kappa shape index (κ3) is 8.79. The molecule has 0 unspecified atom stereocenters. The molecule has 0 radical (unpaired) electrons. The van der Waals surface area contributed by atoms with Gasteiger partial charge in [0.1, 0.15) is 11.6 Å². The molecule has 0 bridgehead atoms. The van der Waals surface area contributed by atoms with Gasteiger partial charge in [-0.2, -0.15) is 0 Å². The van der Waals surface area contributed by atoms with Gasteiger partial charge in [0.05, 0.1) is 10.6 Å². The average Bonchev–Trinajstić information content (AvgIpc) is 2.82. The summed E-state index contributed by atoms with van der Waals surface area (Å²) >= 11 is 0.709. The van der Waals surface area contributed by atoms with E-state index in [2.05, 4.69) is 0 Å². The fourth-order valence-electron chi connectivity index (χ4n) is 3.98. The Morgan fingerprint density at radius 1 is 0.706 bits per heavy atom. The Balaban J connectivity index is 3.38. The predicted octanol–water partition coefficient (Wildman–Crippen LogP) is 7.92. The molecule has 1 aromatic rings. The van der Waals surface area contributed by atoms with Gasteiger partial charge >= 0.3 is 0 Å². The highest BCUT2D eigenvalue weighted by Gasteiger charge is 2.30. The molecule has 2 amide bonds. The van der Waals surface area contributed by atoms with Gasteiger partial charge in [-0.3, -0.25) is 14.4 Å². The van der Waals surface area contributed by atoms with Crippen LogP contribution in [0.1, 0.15) is 99.3 Å². The number of benzene rings is 1. The molecule has 0 aliphatic heterocycles. The van der Waals surface area contributed by atoms with E-state index in [1.54, 1.807) is 0 Å². The first kappa shape index (κ1) is 30.3. The number of carbonyl (C=O) groups excluding carboxylic acids is 3. The number of hydrogen-bond donors (Lipinski definition) is 0. The summed E-state index contributed by atoms with van der Waals surface area (Å²) in [7, 11) is 0. The van der Waals surface area contributed by atoms with Crippen molar-refractivity contribution in [1.82, 2.24) is 0 Å². The molecule has 0 spiro atoms. The van der Waals surface area contributed by atoms with Gasteiger partial charge in [-0.1, -0.05) is 80.1 Å². The quantitative estimate of drug-likeness (QED) is 0.245. The zero-order chi connectivity index (χ0) is 25.8. The van der Waals surface area contributed by atoms with Crippen LogP contribution in [0.5, 0.6) is 0 Å². The first-order valence-electron chi connectivity index (χ1n) is 12.7. The molecule has 0 heterocycles. The lowest BCUT2D eigenvalue weighted by atomic mass is 9.96. The molecule has 7 heteroatoms. The van der Waals surface area contributed by atoms with Gasteiger partial charge in [-0.25, -0.2) is 13.7 Å². The summed E-state index contributed by atoms with van der Waals surface area (Å²) in [5, 5.41) is -0.219. The van der Waals surface area contributed by atoms with Crippen LogP contribution in [0.3, 0.4) is 0 Å². The molecule has 4 nitrogen and oxygen atoms in total. The first-order chi connectivity index (χ1) is 16.1. The van der Waals surface area contributed by atoms with Crippen LogP contribution in [-0.2, 0) is 14.4 Å². The molecule has 0 atom stereocenters. The maximum absolute atomic E-state index is 15.0. The number of carbonyl (C=O) groups is 3. The Bertz CT molecular complexity index is 792. The van der Waals surface area contributed by atoms with Crippen molar-refractivity contribution in [2.24, 2.45) is 17.8 Å². The molecule has 1 rings (SSSR count). The summed E-state index contributed by atoms with van der Waals surface area (Å²) in [5.74, 6) is -2.51. The summed E-state index contributed by atoms with van der Waals surface area (Å²) in [6.45, 7) is 11.9. The molecule has 1 aromatic carbocycles. The van der Waals surface area contributed by atoms with Crippen molar-refractivity contribution in [3.05, 3.63) is 23.8 Å². The van der Waals surface area contributed by atoms with E-state index in [-0.39, 0.29) is 52.7 Å². The Morgan fingerprint density at radius 2 is 1.12 bits per heavy atom. The highest BCUT2D eigenvalue weighted by atomic mass is 32.2. The minimum absolute atomic E-state index is 0.0647. The normalized spacial score (nSPS) is 11.5. The SMILES string of the molecule is CCC(CC)CC(=O)Sc1cc(N(C(=O)CC(CC)CC)C(=O)CC(CC)CC)c(F)cc1F. The van der Waals surface area contributed by atoms with Crippen molar-refractivity contribution in [3.63, 3.8) is 0 Å². The summed E-state index contributed by atoms with van der Waals surface area (Å²) in [6, 6.07) is 1.82. The summed E-state index contributed by atoms with van der Waals surface area (Å²) in [6.07, 6.45) is 5.20. The number of halogens is 2. The van der Waals surface area contributed by atoms with E-state index in [1.165, 1.54) is 0 Å². The Kier molecular flexibility index (Phi) is 13.6. The van der Waals surface area contributed by atoms with Crippen LogP contribution in [0.15, 0.2) is 17.0 Å². The van der Waals surface area contributed by atoms with Crippen molar-refractivity contribution in [3.8, 4) is 0 Å². The lowest BCUT2D eigenvalue weighted by Gasteiger charge is -2.26. The number of hydrogen-bond acceptors (Lipinski definition) is 4. The van der Waals surface area contributed by atoms with Crippen LogP contribution in [0, 0.1) is 29.4 Å². The van der Waals surface area contributed by atoms with Crippen LogP contribution < -0.4 is 4.90 Å². The predicted molar refractivity (Wildman–Crippen MR) is 136 cm³/mol. The maximum Gasteiger partial charge on any atom is 0.234 e. The zero-order valence-corrected chi connectivity index (χ0v) is 22.4. The minimum atomic E-state index is -0.981. The van der Waals surface area contributed by atoms with Crippen molar-refractivity contribution in [2.45, 2.75) is 104 Å². The second kappa shape index (κ2) is 15.3. The number of rotatable bonds is 14. The van der Waals surface area contributed by atoms with E-state index in [0.29, 0.717) is 17.8 Å². The Labute approximate surface area is 208 Å². The molecule has 34 heavy (non-hydrogen) atoms. The number of imide groups is 1. The number of amides is 2. The summed E-state index contributed by atoms with van der Waals surface area (Å²) in [5.41, 5.74) is -0.272. The van der Waals surface area contributed by atoms with Crippen LogP contribution >= 0.6 is 11.8 Å². The zero-order valence-electron chi connectivity index (χ0n) is 21.6. The van der Waals surface area contributed by atoms with Crippen molar-refractivity contribution >= 4 is 34.4 Å². The standard InChI is InChI=1S/C27H41F2NO3S/c1-7-18(8-2)13-25(31)30(26(32)14-19(9-3)10-4)23-17-24(22(29)16-21(23)28)34-27(33)15-20(11-5)12-6/h16-20H,7-15H2,1-6H3. The van der Waals surface area contributed by atoms with Crippen LogP contribution in [0.4, 0.5) is 14.5 Å². The van der Waals surface area contributed by atoms with E-state index in [4.69, 9.17) is 0 Å². The average molecular weight is 498 g/mol. The fraction of sp³-hybridized carbons (Fsp3) is 0.667. The third-order valence-electron chi connectivity index (χ3n) is 6.81. The third-order valence-corrected chi connectivity index (χ3v) is 7.74. The van der Waals surface area contributed by atoms with Crippen LogP contribution in [0.25, 0.3) is 0 Å². The topological polar surface area (TPSA) is 54.5 Å². The van der Waals surface area contributed by atoms with E-state index >= 15 is 0 Å². The number of thioether (sulfide) groups is 1. The van der Waals surface area contributed by atoms with E-state index in [1.807, 2.05) is 41.5 Å². The number of anilines is 1. The molecule has 192 valence electrons. The molecule has 0 aliphatic rings. The molecule has 0 aromatic heterocycles. The maximum atomic E-state index is 15.0. The Morgan fingerprint density at radius 3 is 1.53 bits per heavy atom. The second-order valence-corrected chi connectivity index (χ2v) is 10.1. The minimum Gasteiger partial charge on any atom is -0.287 e. The molecular formula is C27H41F2NO3S. The molecule has 0 saturated carbocycles. The van der Waals surface area contributed by atoms with Crippen molar-refractivity contribution in [1.29, 1.82) is 0 Å². The monoisotopic (exact) mass is 497 g/mol. The lowest BCUT2D eigenvalue weighted by Crippen LogP contribution is -2.39. The number of nitrogens with zero attached hydrogens (tertiary/aromatic N) is 1. The van der Waals surface area contributed by atoms with Gasteiger partial charge in [-0.05, 0) is 35.6 Å². The summed E-state index contributed by atoms with van der Waals surface area (Å²) in [4.78, 5) is 39.8. The first-order valence-corrected chi connectivity index (χ1v) is 13.5. The molecule has 0 fully saturated rings. The molecule has 0 saturated heterocycles. The largest absolute Gasteiger partial charge is 0.287 e. The van der Waals surface area contributed by atoms with E-state index < -0.39 is 23.4 Å². The fourth-order valence-corrected chi connectivity index (χ4v) is 4.88. The van der Waals surface area contributed by atoms with Gasteiger partial charge in [0.2, 0.25) is 11.8 Å². The van der Waals surface area contributed by atoms with Gasteiger partial charge in [0, 0.05) is 25.3 Å². The van der Waals surface area contributed by atoms with E-state index in [0.717, 1.165) is 49.5 Å². The van der Waals surface area contributed by atoms with Crippen molar-refractivity contribution in [2.75, 3.05) is 4.90 Å². The highest BCUT2D eigenvalue weighted by molar-refractivity contribution is 8.13. The molecular weight excluding hydrogens is 456 g/mol. The second-order valence-electron chi connectivity index (χ2n) is 8.99. The molecule has 0 aliphatic carbocycles. The van der Waals surface area contributed by atoms with Gasteiger partial charge in [-0.15, -0.1) is 0 Å². The van der Waals surface area contributed by atoms with Gasteiger partial charge < -0.3 is 0 Å². The Hall–Kier alpha value is -1.76. The highest BCUT2D eigenvalue weighted by Crippen LogP contribution is 2.33. The summed E-state index contributed by atoms with van der Waals surface area (Å²) < 4.78 is 29.6. The van der Waals surface area contributed by atoms with Gasteiger partial charge in [0.15, 0.2) is 5.12 Å². The van der Waals surface area contributed by atoms with Crippen LogP contribution in [-0.4, -0.2) is 16.9 Å².